The minimum atomic E-state index is 0.0749. The second-order valence-electron chi connectivity index (χ2n) is 7.36. The van der Waals surface area contributed by atoms with Crippen molar-refractivity contribution in [3.05, 3.63) is 35.5 Å². The number of hydrogen-bond donors (Lipinski definition) is 1. The minimum absolute atomic E-state index is 0.0749. The Balaban J connectivity index is 1.70. The third kappa shape index (κ3) is 2.36. The Labute approximate surface area is 137 Å². The predicted molar refractivity (Wildman–Crippen MR) is 92.6 cm³/mol. The van der Waals surface area contributed by atoms with E-state index in [4.69, 9.17) is 0 Å². The number of nitrogens with one attached hydrogen (secondary N) is 1. The van der Waals surface area contributed by atoms with Crippen molar-refractivity contribution in [2.75, 3.05) is 20.1 Å². The van der Waals surface area contributed by atoms with Crippen LogP contribution in [0.25, 0.3) is 10.9 Å². The molecule has 1 aliphatic carbocycles. The molecule has 1 N–H and O–H groups in total. The summed E-state index contributed by atoms with van der Waals surface area (Å²) in [4.78, 5) is 13.8. The summed E-state index contributed by atoms with van der Waals surface area (Å²) < 4.78 is 2.26. The molecule has 1 aliphatic heterocycles. The third-order valence-corrected chi connectivity index (χ3v) is 5.76. The van der Waals surface area contributed by atoms with Crippen LogP contribution >= 0.6 is 0 Å². The van der Waals surface area contributed by atoms with Crippen molar-refractivity contribution in [2.24, 2.45) is 13.0 Å². The number of aromatic nitrogens is 1. The zero-order chi connectivity index (χ0) is 16.1. The van der Waals surface area contributed by atoms with E-state index in [-0.39, 0.29) is 5.91 Å². The van der Waals surface area contributed by atoms with Gasteiger partial charge in [-0.15, -0.1) is 0 Å². The van der Waals surface area contributed by atoms with Crippen LogP contribution in [0.5, 0.6) is 0 Å². The molecule has 3 atom stereocenters. The highest BCUT2D eigenvalue weighted by molar-refractivity contribution is 5.89. The third-order valence-electron chi connectivity index (χ3n) is 5.76. The molecule has 4 heteroatoms. The predicted octanol–water partition coefficient (Wildman–Crippen LogP) is 2.27. The van der Waals surface area contributed by atoms with E-state index in [1.807, 2.05) is 0 Å². The summed E-state index contributed by atoms with van der Waals surface area (Å²) >= 11 is 0. The number of rotatable bonds is 2. The Kier molecular flexibility index (Phi) is 3.45. The lowest BCUT2D eigenvalue weighted by atomic mass is 9.72. The SMILES string of the molecule is CC(=O)NC[C@@H]1C[C@@H]2c3cccc4c3c(cn4C)C[C@H]2N(C)C1. The molecule has 1 saturated heterocycles. The number of nitrogens with zero attached hydrogens (tertiary/aromatic N) is 2. The molecule has 0 unspecified atom stereocenters. The molecular formula is C19H25N3O. The highest BCUT2D eigenvalue weighted by Gasteiger charge is 2.39. The number of likely N-dealkylation sites (N-methyl/N-ethyl adjacent to an activating group) is 1. The van der Waals surface area contributed by atoms with Gasteiger partial charge in [-0.05, 0) is 43.0 Å². The van der Waals surface area contributed by atoms with Crippen molar-refractivity contribution in [2.45, 2.75) is 31.7 Å². The van der Waals surface area contributed by atoms with E-state index in [2.05, 4.69) is 53.3 Å². The number of carbonyl (C=O) groups excluding carboxylic acids is 1. The van der Waals surface area contributed by atoms with Gasteiger partial charge in [-0.3, -0.25) is 4.79 Å². The maximum atomic E-state index is 11.2. The quantitative estimate of drug-likeness (QED) is 0.924. The monoisotopic (exact) mass is 311 g/mol. The summed E-state index contributed by atoms with van der Waals surface area (Å²) in [6.07, 6.45) is 4.62. The van der Waals surface area contributed by atoms with Gasteiger partial charge in [0.2, 0.25) is 5.91 Å². The van der Waals surface area contributed by atoms with E-state index >= 15 is 0 Å². The van der Waals surface area contributed by atoms with Crippen molar-refractivity contribution in [1.29, 1.82) is 0 Å². The molecule has 0 bridgehead atoms. The molecule has 1 aromatic heterocycles. The molecule has 122 valence electrons. The maximum absolute atomic E-state index is 11.2. The topological polar surface area (TPSA) is 37.3 Å². The van der Waals surface area contributed by atoms with E-state index < -0.39 is 0 Å². The Bertz CT molecular complexity index is 763. The summed E-state index contributed by atoms with van der Waals surface area (Å²) in [5.74, 6) is 1.18. The number of likely N-dealkylation sites (tertiary alicyclic amines) is 1. The Morgan fingerprint density at radius 1 is 1.35 bits per heavy atom. The molecular weight excluding hydrogens is 286 g/mol. The summed E-state index contributed by atoms with van der Waals surface area (Å²) in [7, 11) is 4.39. The van der Waals surface area contributed by atoms with Gasteiger partial charge >= 0.3 is 0 Å². The van der Waals surface area contributed by atoms with Gasteiger partial charge in [0.25, 0.3) is 0 Å². The van der Waals surface area contributed by atoms with Crippen LogP contribution < -0.4 is 5.32 Å². The van der Waals surface area contributed by atoms with Gasteiger partial charge in [0.15, 0.2) is 0 Å². The average Bonchev–Trinajstić information content (AvgIpc) is 2.84. The van der Waals surface area contributed by atoms with Crippen LogP contribution in [0.15, 0.2) is 24.4 Å². The maximum Gasteiger partial charge on any atom is 0.216 e. The highest BCUT2D eigenvalue weighted by atomic mass is 16.1. The lowest BCUT2D eigenvalue weighted by molar-refractivity contribution is -0.119. The zero-order valence-electron chi connectivity index (χ0n) is 14.2. The molecule has 2 aromatic rings. The van der Waals surface area contributed by atoms with E-state index in [0.717, 1.165) is 19.5 Å². The van der Waals surface area contributed by atoms with Gasteiger partial charge in [-0.25, -0.2) is 0 Å². The van der Waals surface area contributed by atoms with E-state index in [1.165, 1.54) is 28.5 Å². The van der Waals surface area contributed by atoms with Crippen LogP contribution in [0.2, 0.25) is 0 Å². The second-order valence-corrected chi connectivity index (χ2v) is 7.36. The smallest absolute Gasteiger partial charge is 0.216 e. The Hall–Kier alpha value is -1.81. The number of hydrogen-bond acceptors (Lipinski definition) is 2. The minimum Gasteiger partial charge on any atom is -0.356 e. The van der Waals surface area contributed by atoms with Crippen LogP contribution in [0.4, 0.5) is 0 Å². The first-order valence-corrected chi connectivity index (χ1v) is 8.56. The number of piperidine rings is 1. The second kappa shape index (κ2) is 5.38. The lowest BCUT2D eigenvalue weighted by Crippen LogP contribution is -2.50. The molecule has 1 fully saturated rings. The van der Waals surface area contributed by atoms with Crippen molar-refractivity contribution >= 4 is 16.8 Å². The Morgan fingerprint density at radius 3 is 2.96 bits per heavy atom. The Morgan fingerprint density at radius 2 is 2.17 bits per heavy atom. The summed E-state index contributed by atoms with van der Waals surface area (Å²) in [5, 5.41) is 4.49. The fraction of sp³-hybridized carbons (Fsp3) is 0.526. The fourth-order valence-electron chi connectivity index (χ4n) is 4.77. The summed E-state index contributed by atoms with van der Waals surface area (Å²) in [6.45, 7) is 3.47. The van der Waals surface area contributed by atoms with Crippen molar-refractivity contribution < 1.29 is 4.79 Å². The standard InChI is InChI=1S/C19H25N3O/c1-12(23)20-9-13-7-16-15-5-4-6-17-19(15)14(11-22(17)3)8-18(16)21(2)10-13/h4-6,11,13,16,18H,7-10H2,1-3H3,(H,20,23)/t13-,16+,18+/m0/s1. The number of aryl methyl sites for hydroxylation is 1. The normalized spacial score (nSPS) is 27.0. The molecule has 0 saturated carbocycles. The first kappa shape index (κ1) is 14.8. The van der Waals surface area contributed by atoms with Crippen molar-refractivity contribution in [1.82, 2.24) is 14.8 Å². The number of benzene rings is 1. The number of fused-ring (bicyclic) bond motifs is 2. The summed E-state index contributed by atoms with van der Waals surface area (Å²) in [6, 6.07) is 7.33. The van der Waals surface area contributed by atoms with Crippen LogP contribution in [-0.4, -0.2) is 41.6 Å². The van der Waals surface area contributed by atoms with Crippen molar-refractivity contribution in [3.63, 3.8) is 0 Å². The molecule has 0 radical (unpaired) electrons. The van der Waals surface area contributed by atoms with Gasteiger partial charge in [-0.2, -0.15) is 0 Å². The molecule has 0 spiro atoms. The van der Waals surface area contributed by atoms with E-state index in [9.17, 15) is 4.79 Å². The van der Waals surface area contributed by atoms with Gasteiger partial charge in [0, 0.05) is 56.1 Å². The first-order valence-electron chi connectivity index (χ1n) is 8.56. The highest BCUT2D eigenvalue weighted by Crippen LogP contribution is 2.44. The summed E-state index contributed by atoms with van der Waals surface area (Å²) in [5.41, 5.74) is 4.35. The van der Waals surface area contributed by atoms with E-state index in [0.29, 0.717) is 17.9 Å². The number of amides is 1. The molecule has 23 heavy (non-hydrogen) atoms. The van der Waals surface area contributed by atoms with Gasteiger partial charge < -0.3 is 14.8 Å². The van der Waals surface area contributed by atoms with Crippen molar-refractivity contribution in [3.8, 4) is 0 Å². The van der Waals surface area contributed by atoms with E-state index in [1.54, 1.807) is 6.92 Å². The first-order chi connectivity index (χ1) is 11.0. The van der Waals surface area contributed by atoms with Crippen LogP contribution in [0, 0.1) is 5.92 Å². The van der Waals surface area contributed by atoms with Crippen LogP contribution in [0.3, 0.4) is 0 Å². The molecule has 4 rings (SSSR count). The molecule has 2 heterocycles. The van der Waals surface area contributed by atoms with Gasteiger partial charge in [0.1, 0.15) is 0 Å². The van der Waals surface area contributed by atoms with Gasteiger partial charge in [-0.1, -0.05) is 12.1 Å². The fourth-order valence-corrected chi connectivity index (χ4v) is 4.77. The zero-order valence-corrected chi connectivity index (χ0v) is 14.2. The van der Waals surface area contributed by atoms with Gasteiger partial charge in [0.05, 0.1) is 0 Å². The largest absolute Gasteiger partial charge is 0.356 e. The molecule has 2 aliphatic rings. The molecule has 1 amide bonds. The lowest BCUT2D eigenvalue weighted by Gasteiger charge is -2.45. The van der Waals surface area contributed by atoms with Crippen LogP contribution in [-0.2, 0) is 18.3 Å². The molecule has 4 nitrogen and oxygen atoms in total. The van der Waals surface area contributed by atoms with Crippen LogP contribution in [0.1, 0.15) is 30.4 Å². The molecule has 1 aromatic carbocycles. The average molecular weight is 311 g/mol. The number of carbonyl (C=O) groups is 1.